The van der Waals surface area contributed by atoms with E-state index in [2.05, 4.69) is 5.32 Å². The van der Waals surface area contributed by atoms with E-state index in [-0.39, 0.29) is 18.2 Å². The van der Waals surface area contributed by atoms with Crippen molar-refractivity contribution < 1.29 is 13.2 Å². The quantitative estimate of drug-likeness (QED) is 0.841. The van der Waals surface area contributed by atoms with Gasteiger partial charge in [-0.3, -0.25) is 4.79 Å². The lowest BCUT2D eigenvalue weighted by molar-refractivity contribution is -0.120. The van der Waals surface area contributed by atoms with E-state index in [1.807, 2.05) is 31.2 Å². The Balaban J connectivity index is 2.27. The maximum atomic E-state index is 11.5. The number of nitrogens with one attached hydrogen (secondary N) is 1. The molecule has 0 fully saturated rings. The van der Waals surface area contributed by atoms with Crippen molar-refractivity contribution in [2.75, 3.05) is 18.6 Å². The molecule has 18 heavy (non-hydrogen) atoms. The van der Waals surface area contributed by atoms with Gasteiger partial charge in [-0.15, -0.1) is 0 Å². The van der Waals surface area contributed by atoms with E-state index < -0.39 is 9.84 Å². The number of hydrogen-bond donors (Lipinski definition) is 1. The van der Waals surface area contributed by atoms with Gasteiger partial charge in [-0.25, -0.2) is 8.42 Å². The monoisotopic (exact) mass is 269 g/mol. The Bertz CT molecular complexity index is 491. The van der Waals surface area contributed by atoms with Gasteiger partial charge in [0.15, 0.2) is 0 Å². The molecule has 5 heteroatoms. The van der Waals surface area contributed by atoms with Crippen LogP contribution in [0.1, 0.15) is 17.5 Å². The Labute approximate surface area is 108 Å². The molecule has 1 aromatic rings. The molecule has 0 atom stereocenters. The third-order valence-corrected chi connectivity index (χ3v) is 3.50. The first-order chi connectivity index (χ1) is 8.37. The molecule has 1 N–H and O–H groups in total. The maximum absolute atomic E-state index is 11.5. The molecule has 0 saturated heterocycles. The van der Waals surface area contributed by atoms with Crippen LogP contribution in [0, 0.1) is 6.92 Å². The van der Waals surface area contributed by atoms with E-state index in [1.165, 1.54) is 5.56 Å². The van der Waals surface area contributed by atoms with Crippen LogP contribution in [-0.4, -0.2) is 32.9 Å². The lowest BCUT2D eigenvalue weighted by Gasteiger charge is -2.04. The molecule has 0 aliphatic carbocycles. The Morgan fingerprint density at radius 3 is 2.39 bits per heavy atom. The number of rotatable bonds is 6. The SMILES string of the molecule is Cc1ccc(CCC(=O)NCCS(C)(=O)=O)cc1. The fourth-order valence-electron chi connectivity index (χ4n) is 1.48. The summed E-state index contributed by atoms with van der Waals surface area (Å²) in [6, 6.07) is 8.02. The number of sulfone groups is 1. The number of carbonyl (C=O) groups is 1. The molecule has 0 spiro atoms. The zero-order chi connectivity index (χ0) is 13.6. The maximum Gasteiger partial charge on any atom is 0.220 e. The van der Waals surface area contributed by atoms with Crippen LogP contribution in [0.25, 0.3) is 0 Å². The van der Waals surface area contributed by atoms with Crippen LogP contribution < -0.4 is 5.32 Å². The first kappa shape index (κ1) is 14.7. The highest BCUT2D eigenvalue weighted by molar-refractivity contribution is 7.90. The van der Waals surface area contributed by atoms with Gasteiger partial charge in [0, 0.05) is 19.2 Å². The molecule has 4 nitrogen and oxygen atoms in total. The van der Waals surface area contributed by atoms with Gasteiger partial charge in [-0.05, 0) is 18.9 Å². The molecular weight excluding hydrogens is 250 g/mol. The number of carbonyl (C=O) groups excluding carboxylic acids is 1. The van der Waals surface area contributed by atoms with Crippen molar-refractivity contribution in [3.8, 4) is 0 Å². The number of benzene rings is 1. The van der Waals surface area contributed by atoms with Crippen molar-refractivity contribution in [3.05, 3.63) is 35.4 Å². The summed E-state index contributed by atoms with van der Waals surface area (Å²) in [6.07, 6.45) is 2.21. The summed E-state index contributed by atoms with van der Waals surface area (Å²) < 4.78 is 21.7. The first-order valence-electron chi connectivity index (χ1n) is 5.87. The molecule has 100 valence electrons. The smallest absolute Gasteiger partial charge is 0.220 e. The molecule has 0 aromatic heterocycles. The van der Waals surface area contributed by atoms with Crippen LogP contribution in [0.2, 0.25) is 0 Å². The molecule has 1 rings (SSSR count). The summed E-state index contributed by atoms with van der Waals surface area (Å²) in [5, 5.41) is 2.60. The van der Waals surface area contributed by atoms with Gasteiger partial charge in [0.1, 0.15) is 9.84 Å². The molecule has 0 bridgehead atoms. The van der Waals surface area contributed by atoms with Gasteiger partial charge in [-0.1, -0.05) is 29.8 Å². The van der Waals surface area contributed by atoms with Gasteiger partial charge >= 0.3 is 0 Å². The molecule has 0 saturated carbocycles. The van der Waals surface area contributed by atoms with Crippen LogP contribution in [-0.2, 0) is 21.1 Å². The van der Waals surface area contributed by atoms with Gasteiger partial charge in [0.2, 0.25) is 5.91 Å². The van der Waals surface area contributed by atoms with E-state index in [1.54, 1.807) is 0 Å². The van der Waals surface area contributed by atoms with E-state index >= 15 is 0 Å². The minimum atomic E-state index is -3.01. The van der Waals surface area contributed by atoms with E-state index in [0.29, 0.717) is 12.8 Å². The van der Waals surface area contributed by atoms with Crippen molar-refractivity contribution in [2.45, 2.75) is 19.8 Å². The van der Waals surface area contributed by atoms with Gasteiger partial charge in [-0.2, -0.15) is 0 Å². The van der Waals surface area contributed by atoms with Gasteiger partial charge in [0.05, 0.1) is 5.75 Å². The summed E-state index contributed by atoms with van der Waals surface area (Å²) in [5.41, 5.74) is 2.30. The summed E-state index contributed by atoms with van der Waals surface area (Å²) >= 11 is 0. The molecule has 0 aliphatic rings. The van der Waals surface area contributed by atoms with E-state index in [4.69, 9.17) is 0 Å². The van der Waals surface area contributed by atoms with Crippen LogP contribution >= 0.6 is 0 Å². The van der Waals surface area contributed by atoms with Crippen molar-refractivity contribution in [2.24, 2.45) is 0 Å². The topological polar surface area (TPSA) is 63.2 Å². The summed E-state index contributed by atoms with van der Waals surface area (Å²) in [4.78, 5) is 11.5. The average molecular weight is 269 g/mol. The van der Waals surface area contributed by atoms with Gasteiger partial charge in [0.25, 0.3) is 0 Å². The fourth-order valence-corrected chi connectivity index (χ4v) is 1.95. The van der Waals surface area contributed by atoms with E-state index in [0.717, 1.165) is 11.8 Å². The van der Waals surface area contributed by atoms with Crippen molar-refractivity contribution in [1.82, 2.24) is 5.32 Å². The zero-order valence-electron chi connectivity index (χ0n) is 10.8. The Morgan fingerprint density at radius 1 is 1.22 bits per heavy atom. The summed E-state index contributed by atoms with van der Waals surface area (Å²) in [7, 11) is -3.01. The molecular formula is C13H19NO3S. The normalized spacial score (nSPS) is 11.2. The molecule has 0 aliphatic heterocycles. The largest absolute Gasteiger partial charge is 0.355 e. The highest BCUT2D eigenvalue weighted by Crippen LogP contribution is 2.05. The predicted octanol–water partition coefficient (Wildman–Crippen LogP) is 1.09. The second-order valence-electron chi connectivity index (χ2n) is 4.47. The second kappa shape index (κ2) is 6.54. The molecule has 0 radical (unpaired) electrons. The Hall–Kier alpha value is -1.36. The minimum Gasteiger partial charge on any atom is -0.355 e. The fraction of sp³-hybridized carbons (Fsp3) is 0.462. The van der Waals surface area contributed by atoms with Crippen LogP contribution in [0.5, 0.6) is 0 Å². The van der Waals surface area contributed by atoms with Crippen molar-refractivity contribution >= 4 is 15.7 Å². The lowest BCUT2D eigenvalue weighted by Crippen LogP contribution is -2.28. The minimum absolute atomic E-state index is 0.0106. The summed E-state index contributed by atoms with van der Waals surface area (Å²) in [5.74, 6) is -0.122. The number of hydrogen-bond acceptors (Lipinski definition) is 3. The molecule has 0 unspecified atom stereocenters. The average Bonchev–Trinajstić information content (AvgIpc) is 2.26. The standard InChI is InChI=1S/C13H19NO3S/c1-11-3-5-12(6-4-11)7-8-13(15)14-9-10-18(2,16)17/h3-6H,7-10H2,1-2H3,(H,14,15). The van der Waals surface area contributed by atoms with Crippen LogP contribution in [0.4, 0.5) is 0 Å². The zero-order valence-corrected chi connectivity index (χ0v) is 11.6. The number of aryl methyl sites for hydroxylation is 2. The molecule has 0 heterocycles. The summed E-state index contributed by atoms with van der Waals surface area (Å²) in [6.45, 7) is 2.20. The van der Waals surface area contributed by atoms with Crippen LogP contribution in [0.15, 0.2) is 24.3 Å². The predicted molar refractivity (Wildman–Crippen MR) is 72.2 cm³/mol. The Kier molecular flexibility index (Phi) is 5.34. The van der Waals surface area contributed by atoms with E-state index in [9.17, 15) is 13.2 Å². The second-order valence-corrected chi connectivity index (χ2v) is 6.73. The van der Waals surface area contributed by atoms with Crippen molar-refractivity contribution in [1.29, 1.82) is 0 Å². The lowest BCUT2D eigenvalue weighted by atomic mass is 10.1. The highest BCUT2D eigenvalue weighted by atomic mass is 32.2. The molecule has 1 amide bonds. The Morgan fingerprint density at radius 2 is 1.83 bits per heavy atom. The highest BCUT2D eigenvalue weighted by Gasteiger charge is 2.05. The number of amides is 1. The third-order valence-electron chi connectivity index (χ3n) is 2.56. The van der Waals surface area contributed by atoms with Gasteiger partial charge < -0.3 is 5.32 Å². The first-order valence-corrected chi connectivity index (χ1v) is 7.93. The van der Waals surface area contributed by atoms with Crippen LogP contribution in [0.3, 0.4) is 0 Å². The van der Waals surface area contributed by atoms with Crippen molar-refractivity contribution in [3.63, 3.8) is 0 Å². The third kappa shape index (κ3) is 6.39. The molecule has 1 aromatic carbocycles.